The molecule has 0 aliphatic carbocycles. The van der Waals surface area contributed by atoms with Crippen molar-refractivity contribution in [3.8, 4) is 22.6 Å². The number of benzene rings is 2. The van der Waals surface area contributed by atoms with E-state index < -0.39 is 5.97 Å². The predicted octanol–water partition coefficient (Wildman–Crippen LogP) is 5.17. The van der Waals surface area contributed by atoms with Gasteiger partial charge in [0.25, 0.3) is 0 Å². The zero-order chi connectivity index (χ0) is 21.1. The third-order valence-corrected chi connectivity index (χ3v) is 3.76. The van der Waals surface area contributed by atoms with Crippen LogP contribution in [0.15, 0.2) is 72.5 Å². The fourth-order valence-corrected chi connectivity index (χ4v) is 2.34. The number of carbonyl (C=O) groups excluding carboxylic acids is 1. The summed E-state index contributed by atoms with van der Waals surface area (Å²) >= 11 is 0. The lowest BCUT2D eigenvalue weighted by Gasteiger charge is -2.09. The molecule has 2 rings (SSSR count). The smallest absolute Gasteiger partial charge is 0.333 e. The molecule has 0 spiro atoms. The van der Waals surface area contributed by atoms with Crippen LogP contribution in [0.2, 0.25) is 0 Å². The van der Waals surface area contributed by atoms with E-state index in [1.807, 2.05) is 62.4 Å². The Morgan fingerprint density at radius 2 is 1.28 bits per heavy atom. The molecule has 0 atom stereocenters. The summed E-state index contributed by atoms with van der Waals surface area (Å²) in [4.78, 5) is 11.3. The largest absolute Gasteiger partial charge is 0.498 e. The Kier molecular flexibility index (Phi) is 8.83. The minimum Gasteiger partial charge on any atom is -0.498 e. The number of hydrogen-bond donors (Lipinski definition) is 0. The van der Waals surface area contributed by atoms with Gasteiger partial charge in [0, 0.05) is 5.57 Å². The minimum atomic E-state index is -0.406. The van der Waals surface area contributed by atoms with Gasteiger partial charge in [0.05, 0.1) is 6.26 Å². The fraction of sp³-hybridized carbons (Fsp3) is 0.292. The minimum absolute atomic E-state index is 0.189. The molecule has 2 aromatic carbocycles. The van der Waals surface area contributed by atoms with Crippen LogP contribution < -0.4 is 9.47 Å². The second kappa shape index (κ2) is 11.6. The van der Waals surface area contributed by atoms with Crippen molar-refractivity contribution in [2.75, 3.05) is 26.4 Å². The third kappa shape index (κ3) is 8.13. The number of allylic oxidation sites excluding steroid dienone is 1. The van der Waals surface area contributed by atoms with Crippen molar-refractivity contribution in [1.29, 1.82) is 0 Å². The van der Waals surface area contributed by atoms with E-state index in [1.54, 1.807) is 13.2 Å². The molecule has 0 bridgehead atoms. The molecule has 0 fully saturated rings. The molecule has 0 amide bonds. The Bertz CT molecular complexity index is 815. The van der Waals surface area contributed by atoms with Crippen molar-refractivity contribution in [1.82, 2.24) is 0 Å². The van der Waals surface area contributed by atoms with Gasteiger partial charge in [0.1, 0.15) is 37.9 Å². The standard InChI is InChI=1S/C24H28O5/c1-18(2)17-26-13-14-27-22-9-5-20(6-10-22)21-7-11-23(12-8-21)28-15-16-29-24(25)19(3)4/h5-12,17H,3,13-16H2,1-2,4H3. The van der Waals surface area contributed by atoms with E-state index in [-0.39, 0.29) is 6.61 Å². The van der Waals surface area contributed by atoms with Crippen molar-refractivity contribution in [3.63, 3.8) is 0 Å². The number of hydrogen-bond acceptors (Lipinski definition) is 5. The Morgan fingerprint density at radius 1 is 0.793 bits per heavy atom. The summed E-state index contributed by atoms with van der Waals surface area (Å²) in [6.07, 6.45) is 1.73. The van der Waals surface area contributed by atoms with Gasteiger partial charge in [0.15, 0.2) is 0 Å². The molecule has 0 N–H and O–H groups in total. The molecular weight excluding hydrogens is 368 g/mol. The van der Waals surface area contributed by atoms with Gasteiger partial charge < -0.3 is 18.9 Å². The van der Waals surface area contributed by atoms with E-state index in [0.29, 0.717) is 25.4 Å². The number of carbonyl (C=O) groups is 1. The van der Waals surface area contributed by atoms with Crippen LogP contribution in [0.4, 0.5) is 0 Å². The topological polar surface area (TPSA) is 54.0 Å². The molecule has 0 radical (unpaired) electrons. The quantitative estimate of drug-likeness (QED) is 0.227. The van der Waals surface area contributed by atoms with Gasteiger partial charge in [-0.1, -0.05) is 30.8 Å². The second-order valence-corrected chi connectivity index (χ2v) is 6.73. The van der Waals surface area contributed by atoms with Crippen LogP contribution in [-0.4, -0.2) is 32.4 Å². The molecule has 0 aliphatic rings. The van der Waals surface area contributed by atoms with Crippen LogP contribution in [0.3, 0.4) is 0 Å². The zero-order valence-electron chi connectivity index (χ0n) is 17.3. The Balaban J connectivity index is 1.78. The first-order valence-electron chi connectivity index (χ1n) is 9.49. The predicted molar refractivity (Wildman–Crippen MR) is 114 cm³/mol. The Labute approximate surface area is 172 Å². The van der Waals surface area contributed by atoms with E-state index in [2.05, 4.69) is 6.58 Å². The van der Waals surface area contributed by atoms with Crippen LogP contribution in [0.1, 0.15) is 20.8 Å². The summed E-state index contributed by atoms with van der Waals surface area (Å²) in [6, 6.07) is 15.7. The van der Waals surface area contributed by atoms with Crippen LogP contribution in [0, 0.1) is 0 Å². The second-order valence-electron chi connectivity index (χ2n) is 6.73. The highest BCUT2D eigenvalue weighted by atomic mass is 16.6. The molecule has 29 heavy (non-hydrogen) atoms. The van der Waals surface area contributed by atoms with Crippen LogP contribution in [0.25, 0.3) is 11.1 Å². The Morgan fingerprint density at radius 3 is 1.72 bits per heavy atom. The molecule has 5 heteroatoms. The molecule has 0 saturated heterocycles. The molecular formula is C24H28O5. The summed E-state index contributed by atoms with van der Waals surface area (Å²) in [7, 11) is 0. The number of ether oxygens (including phenoxy) is 4. The third-order valence-electron chi connectivity index (χ3n) is 3.76. The van der Waals surface area contributed by atoms with Crippen LogP contribution in [-0.2, 0) is 14.3 Å². The maximum absolute atomic E-state index is 11.3. The molecule has 5 nitrogen and oxygen atoms in total. The van der Waals surface area contributed by atoms with Crippen molar-refractivity contribution in [3.05, 3.63) is 72.5 Å². The molecule has 0 heterocycles. The zero-order valence-corrected chi connectivity index (χ0v) is 17.3. The first-order chi connectivity index (χ1) is 14.0. The van der Waals surface area contributed by atoms with Crippen molar-refractivity contribution >= 4 is 5.97 Å². The van der Waals surface area contributed by atoms with Gasteiger partial charge in [-0.15, -0.1) is 0 Å². The van der Waals surface area contributed by atoms with Gasteiger partial charge in [-0.25, -0.2) is 4.79 Å². The van der Waals surface area contributed by atoms with E-state index in [1.165, 1.54) is 0 Å². The molecule has 0 aliphatic heterocycles. The fourth-order valence-electron chi connectivity index (χ4n) is 2.34. The summed E-state index contributed by atoms with van der Waals surface area (Å²) < 4.78 is 21.6. The molecule has 2 aromatic rings. The molecule has 0 aromatic heterocycles. The highest BCUT2D eigenvalue weighted by Crippen LogP contribution is 2.24. The Hall–Kier alpha value is -3.21. The maximum Gasteiger partial charge on any atom is 0.333 e. The van der Waals surface area contributed by atoms with Gasteiger partial charge >= 0.3 is 5.97 Å². The first kappa shape index (κ1) is 22.1. The van der Waals surface area contributed by atoms with Crippen molar-refractivity contribution < 1.29 is 23.7 Å². The lowest BCUT2D eigenvalue weighted by atomic mass is 10.1. The van der Waals surface area contributed by atoms with Gasteiger partial charge in [0.2, 0.25) is 0 Å². The maximum atomic E-state index is 11.3. The summed E-state index contributed by atoms with van der Waals surface area (Å²) in [5, 5.41) is 0. The SMILES string of the molecule is C=C(C)C(=O)OCCOc1ccc(-c2ccc(OCCOC=C(C)C)cc2)cc1. The lowest BCUT2D eigenvalue weighted by molar-refractivity contribution is -0.139. The summed E-state index contributed by atoms with van der Waals surface area (Å²) in [5.74, 6) is 1.12. The van der Waals surface area contributed by atoms with Crippen LogP contribution >= 0.6 is 0 Å². The summed E-state index contributed by atoms with van der Waals surface area (Å²) in [5.41, 5.74) is 3.66. The van der Waals surface area contributed by atoms with Crippen molar-refractivity contribution in [2.45, 2.75) is 20.8 Å². The average molecular weight is 396 g/mol. The highest BCUT2D eigenvalue weighted by molar-refractivity contribution is 5.86. The molecule has 0 saturated carbocycles. The van der Waals surface area contributed by atoms with Gasteiger partial charge in [-0.2, -0.15) is 0 Å². The van der Waals surface area contributed by atoms with E-state index in [4.69, 9.17) is 18.9 Å². The van der Waals surface area contributed by atoms with Crippen LogP contribution in [0.5, 0.6) is 11.5 Å². The van der Waals surface area contributed by atoms with Crippen molar-refractivity contribution in [2.24, 2.45) is 0 Å². The lowest BCUT2D eigenvalue weighted by Crippen LogP contribution is -2.12. The van der Waals surface area contributed by atoms with Gasteiger partial charge in [-0.05, 0) is 61.7 Å². The normalized spacial score (nSPS) is 10.0. The highest BCUT2D eigenvalue weighted by Gasteiger charge is 2.03. The molecule has 0 unspecified atom stereocenters. The average Bonchev–Trinajstić information content (AvgIpc) is 2.71. The number of esters is 1. The number of rotatable bonds is 11. The van der Waals surface area contributed by atoms with E-state index in [0.717, 1.165) is 28.2 Å². The monoisotopic (exact) mass is 396 g/mol. The van der Waals surface area contributed by atoms with E-state index in [9.17, 15) is 4.79 Å². The van der Waals surface area contributed by atoms with Gasteiger partial charge in [-0.3, -0.25) is 0 Å². The first-order valence-corrected chi connectivity index (χ1v) is 9.49. The van der Waals surface area contributed by atoms with E-state index >= 15 is 0 Å². The molecule has 154 valence electrons. The summed E-state index contributed by atoms with van der Waals surface area (Å²) in [6.45, 7) is 10.6.